The summed E-state index contributed by atoms with van der Waals surface area (Å²) in [6.07, 6.45) is 3.07. The molecule has 24 heavy (non-hydrogen) atoms. The molecular formula is C17H20BrN3O3. The number of halogens is 1. The van der Waals surface area contributed by atoms with E-state index in [2.05, 4.69) is 21.2 Å². The minimum atomic E-state index is -1.15. The number of hydrogen-bond acceptors (Lipinski definition) is 3. The standard InChI is InChI=1S/C17H20BrN3O3/c1-17(12-6-5-7-13(18)10-12)15(23)21(16(24)19-17)11-14(22)20-8-3-2-4-9-20/h5-7,10H,2-4,8-9,11H2,1H3,(H,19,24)/t17-/m0/s1. The van der Waals surface area contributed by atoms with E-state index in [0.29, 0.717) is 18.7 Å². The van der Waals surface area contributed by atoms with Gasteiger partial charge >= 0.3 is 6.03 Å². The molecule has 4 amide bonds. The number of carbonyl (C=O) groups is 3. The van der Waals surface area contributed by atoms with Crippen LogP contribution in [0.3, 0.4) is 0 Å². The lowest BCUT2D eigenvalue weighted by Gasteiger charge is -2.28. The number of nitrogens with one attached hydrogen (secondary N) is 1. The van der Waals surface area contributed by atoms with E-state index in [-0.39, 0.29) is 12.5 Å². The molecule has 1 N–H and O–H groups in total. The van der Waals surface area contributed by atoms with E-state index in [1.54, 1.807) is 24.0 Å². The maximum Gasteiger partial charge on any atom is 0.325 e. The minimum Gasteiger partial charge on any atom is -0.341 e. The van der Waals surface area contributed by atoms with E-state index in [0.717, 1.165) is 28.6 Å². The number of nitrogens with zero attached hydrogens (tertiary/aromatic N) is 2. The van der Waals surface area contributed by atoms with Crippen LogP contribution in [0.15, 0.2) is 28.7 Å². The van der Waals surface area contributed by atoms with Crippen molar-refractivity contribution >= 4 is 33.8 Å². The van der Waals surface area contributed by atoms with Crippen LogP contribution in [0.2, 0.25) is 0 Å². The Morgan fingerprint density at radius 2 is 1.96 bits per heavy atom. The monoisotopic (exact) mass is 393 g/mol. The topological polar surface area (TPSA) is 69.7 Å². The van der Waals surface area contributed by atoms with Crippen LogP contribution < -0.4 is 5.32 Å². The summed E-state index contributed by atoms with van der Waals surface area (Å²) in [4.78, 5) is 40.3. The van der Waals surface area contributed by atoms with Crippen molar-refractivity contribution in [3.63, 3.8) is 0 Å². The molecule has 0 saturated carbocycles. The average molecular weight is 394 g/mol. The number of rotatable bonds is 3. The molecule has 2 aliphatic heterocycles. The Morgan fingerprint density at radius 3 is 2.62 bits per heavy atom. The highest BCUT2D eigenvalue weighted by Crippen LogP contribution is 2.30. The number of hydrogen-bond donors (Lipinski definition) is 1. The summed E-state index contributed by atoms with van der Waals surface area (Å²) >= 11 is 3.38. The molecule has 0 aliphatic carbocycles. The molecule has 0 spiro atoms. The largest absolute Gasteiger partial charge is 0.341 e. The predicted octanol–water partition coefficient (Wildman–Crippen LogP) is 2.23. The Balaban J connectivity index is 1.77. The average Bonchev–Trinajstić information content (AvgIpc) is 2.80. The van der Waals surface area contributed by atoms with Crippen LogP contribution in [0, 0.1) is 0 Å². The fourth-order valence-corrected chi connectivity index (χ4v) is 3.61. The summed E-state index contributed by atoms with van der Waals surface area (Å²) in [5.74, 6) is -0.562. The second-order valence-electron chi connectivity index (χ2n) is 6.40. The van der Waals surface area contributed by atoms with Gasteiger partial charge in [0.15, 0.2) is 0 Å². The minimum absolute atomic E-state index is 0.170. The van der Waals surface area contributed by atoms with Crippen molar-refractivity contribution in [1.82, 2.24) is 15.1 Å². The summed E-state index contributed by atoms with van der Waals surface area (Å²) in [5.41, 5.74) is -0.466. The summed E-state index contributed by atoms with van der Waals surface area (Å²) in [7, 11) is 0. The van der Waals surface area contributed by atoms with Crippen molar-refractivity contribution in [2.75, 3.05) is 19.6 Å². The molecule has 7 heteroatoms. The molecule has 6 nitrogen and oxygen atoms in total. The van der Waals surface area contributed by atoms with Crippen molar-refractivity contribution in [1.29, 1.82) is 0 Å². The van der Waals surface area contributed by atoms with E-state index >= 15 is 0 Å². The Morgan fingerprint density at radius 1 is 1.25 bits per heavy atom. The molecule has 0 unspecified atom stereocenters. The zero-order valence-corrected chi connectivity index (χ0v) is 15.1. The lowest BCUT2D eigenvalue weighted by Crippen LogP contribution is -2.45. The Hall–Kier alpha value is -1.89. The quantitative estimate of drug-likeness (QED) is 0.800. The molecule has 0 radical (unpaired) electrons. The summed E-state index contributed by atoms with van der Waals surface area (Å²) in [6.45, 7) is 2.87. The SMILES string of the molecule is C[C@@]1(c2cccc(Br)c2)NC(=O)N(CC(=O)N2CCCCC2)C1=O. The van der Waals surface area contributed by atoms with Gasteiger partial charge in [0.1, 0.15) is 12.1 Å². The number of urea groups is 1. The molecule has 128 valence electrons. The molecule has 0 aromatic heterocycles. The molecule has 3 rings (SSSR count). The maximum atomic E-state index is 12.8. The van der Waals surface area contributed by atoms with Gasteiger partial charge in [0, 0.05) is 17.6 Å². The van der Waals surface area contributed by atoms with Crippen LogP contribution >= 0.6 is 15.9 Å². The highest BCUT2D eigenvalue weighted by molar-refractivity contribution is 9.10. The van der Waals surface area contributed by atoms with Gasteiger partial charge in [-0.15, -0.1) is 0 Å². The summed E-state index contributed by atoms with van der Waals surface area (Å²) in [6, 6.07) is 6.73. The summed E-state index contributed by atoms with van der Waals surface area (Å²) < 4.78 is 0.825. The molecular weight excluding hydrogens is 374 g/mol. The van der Waals surface area contributed by atoms with E-state index in [1.165, 1.54) is 0 Å². The molecule has 1 atom stereocenters. The lowest BCUT2D eigenvalue weighted by molar-refractivity contribution is -0.139. The first-order chi connectivity index (χ1) is 11.4. The third-order valence-electron chi connectivity index (χ3n) is 4.68. The zero-order chi connectivity index (χ0) is 17.3. The van der Waals surface area contributed by atoms with Crippen LogP contribution in [0.25, 0.3) is 0 Å². The predicted molar refractivity (Wildman–Crippen MR) is 92.2 cm³/mol. The van der Waals surface area contributed by atoms with E-state index in [4.69, 9.17) is 0 Å². The first-order valence-corrected chi connectivity index (χ1v) is 8.89. The lowest BCUT2D eigenvalue weighted by atomic mass is 9.92. The van der Waals surface area contributed by atoms with Crippen molar-refractivity contribution in [2.45, 2.75) is 31.7 Å². The number of imide groups is 1. The molecule has 2 fully saturated rings. The second-order valence-corrected chi connectivity index (χ2v) is 7.31. The Kier molecular flexibility index (Phi) is 4.62. The highest BCUT2D eigenvalue weighted by Gasteiger charge is 2.49. The van der Waals surface area contributed by atoms with Gasteiger partial charge in [-0.1, -0.05) is 28.1 Å². The number of amides is 4. The van der Waals surface area contributed by atoms with E-state index in [1.807, 2.05) is 12.1 Å². The Labute approximate surface area is 149 Å². The van der Waals surface area contributed by atoms with Crippen LogP contribution in [0.5, 0.6) is 0 Å². The van der Waals surface area contributed by atoms with Crippen LogP contribution in [0.4, 0.5) is 4.79 Å². The van der Waals surface area contributed by atoms with Gasteiger partial charge in [-0.2, -0.15) is 0 Å². The fourth-order valence-electron chi connectivity index (χ4n) is 3.21. The number of carbonyl (C=O) groups excluding carboxylic acids is 3. The van der Waals surface area contributed by atoms with E-state index in [9.17, 15) is 14.4 Å². The zero-order valence-electron chi connectivity index (χ0n) is 13.5. The van der Waals surface area contributed by atoms with Crippen LogP contribution in [-0.2, 0) is 15.1 Å². The van der Waals surface area contributed by atoms with Crippen molar-refractivity contribution in [3.05, 3.63) is 34.3 Å². The van der Waals surface area contributed by atoms with Crippen molar-refractivity contribution in [3.8, 4) is 0 Å². The second kappa shape index (κ2) is 6.55. The van der Waals surface area contributed by atoms with Gasteiger partial charge in [-0.25, -0.2) is 4.79 Å². The maximum absolute atomic E-state index is 12.8. The van der Waals surface area contributed by atoms with Gasteiger partial charge in [-0.3, -0.25) is 14.5 Å². The van der Waals surface area contributed by atoms with Gasteiger partial charge in [0.25, 0.3) is 5.91 Å². The first kappa shape index (κ1) is 17.0. The molecule has 2 saturated heterocycles. The number of benzene rings is 1. The third-order valence-corrected chi connectivity index (χ3v) is 5.17. The molecule has 2 aliphatic rings. The highest BCUT2D eigenvalue weighted by atomic mass is 79.9. The van der Waals surface area contributed by atoms with E-state index < -0.39 is 17.5 Å². The van der Waals surface area contributed by atoms with Gasteiger partial charge in [0.2, 0.25) is 5.91 Å². The molecule has 2 heterocycles. The normalized spacial score (nSPS) is 24.2. The number of piperidine rings is 1. The van der Waals surface area contributed by atoms with Crippen molar-refractivity contribution in [2.24, 2.45) is 0 Å². The van der Waals surface area contributed by atoms with Crippen LogP contribution in [-0.4, -0.2) is 47.3 Å². The van der Waals surface area contributed by atoms with Gasteiger partial charge < -0.3 is 10.2 Å². The van der Waals surface area contributed by atoms with Gasteiger partial charge in [0.05, 0.1) is 0 Å². The Bertz CT molecular complexity index is 687. The van der Waals surface area contributed by atoms with Crippen LogP contribution in [0.1, 0.15) is 31.7 Å². The molecule has 1 aromatic carbocycles. The first-order valence-electron chi connectivity index (χ1n) is 8.10. The smallest absolute Gasteiger partial charge is 0.325 e. The number of likely N-dealkylation sites (tertiary alicyclic amines) is 1. The van der Waals surface area contributed by atoms with Gasteiger partial charge in [-0.05, 0) is 43.9 Å². The molecule has 0 bridgehead atoms. The summed E-state index contributed by atoms with van der Waals surface area (Å²) in [5, 5.41) is 2.73. The van der Waals surface area contributed by atoms with Crippen molar-refractivity contribution < 1.29 is 14.4 Å². The molecule has 1 aromatic rings. The fraction of sp³-hybridized carbons (Fsp3) is 0.471. The third kappa shape index (κ3) is 3.05.